The molecule has 35 heavy (non-hydrogen) atoms. The molecule has 5 heteroatoms. The van der Waals surface area contributed by atoms with Crippen LogP contribution in [0.4, 0.5) is 4.39 Å². The van der Waals surface area contributed by atoms with Gasteiger partial charge in [-0.3, -0.25) is 9.59 Å². The van der Waals surface area contributed by atoms with E-state index in [2.05, 4.69) is 25.3 Å². The zero-order valence-corrected chi connectivity index (χ0v) is 21.1. The van der Waals surface area contributed by atoms with Gasteiger partial charge in [0, 0.05) is 4.90 Å². The maximum Gasteiger partial charge on any atom is 0.219 e. The third-order valence-electron chi connectivity index (χ3n) is 5.40. The lowest BCUT2D eigenvalue weighted by Gasteiger charge is -2.09. The topological polar surface area (TPSA) is 34.1 Å². The highest BCUT2D eigenvalue weighted by Gasteiger charge is 2.12. The first-order valence-corrected chi connectivity index (χ1v) is 12.5. The first kappa shape index (κ1) is 24.7. The zero-order valence-electron chi connectivity index (χ0n) is 19.4. The molecule has 2 nitrogen and oxygen atoms in total. The van der Waals surface area contributed by atoms with Crippen LogP contribution in [0.3, 0.4) is 0 Å². The van der Waals surface area contributed by atoms with Crippen molar-refractivity contribution in [3.8, 4) is 22.3 Å². The van der Waals surface area contributed by atoms with Gasteiger partial charge in [0.2, 0.25) is 10.2 Å². The molecule has 0 saturated heterocycles. The molecule has 0 heterocycles. The molecule has 0 amide bonds. The molecule has 0 N–H and O–H groups in total. The normalized spacial score (nSPS) is 10.8. The van der Waals surface area contributed by atoms with Gasteiger partial charge in [0.1, 0.15) is 5.82 Å². The fourth-order valence-corrected chi connectivity index (χ4v) is 4.79. The van der Waals surface area contributed by atoms with Crippen LogP contribution in [0.25, 0.3) is 33.0 Å². The van der Waals surface area contributed by atoms with Crippen LogP contribution in [0.15, 0.2) is 113 Å². The zero-order chi connectivity index (χ0) is 25.1. The van der Waals surface area contributed by atoms with Crippen molar-refractivity contribution >= 4 is 44.5 Å². The second kappa shape index (κ2) is 10.5. The summed E-state index contributed by atoms with van der Waals surface area (Å²) in [4.78, 5) is 24.9. The van der Waals surface area contributed by atoms with Gasteiger partial charge >= 0.3 is 0 Å². The molecule has 0 aliphatic rings. The highest BCUT2D eigenvalue weighted by molar-refractivity contribution is 8.14. The standard InChI is InChI=1S/C30H23FO2S2/c1-18(2)29(32)34-26-12-9-20(10-13-26)21-5-6-23-16-24(8-7-22(23)15-21)25-11-14-28(27(31)17-25)35-30(33)19(3)4/h5-17H,1,3H2,2,4H3. The molecule has 4 aromatic rings. The van der Waals surface area contributed by atoms with Gasteiger partial charge < -0.3 is 0 Å². The van der Waals surface area contributed by atoms with Crippen molar-refractivity contribution in [1.82, 2.24) is 0 Å². The van der Waals surface area contributed by atoms with Crippen LogP contribution in [-0.2, 0) is 9.59 Å². The lowest BCUT2D eigenvalue weighted by molar-refractivity contribution is -0.108. The average Bonchev–Trinajstić information content (AvgIpc) is 2.84. The van der Waals surface area contributed by atoms with E-state index in [0.717, 1.165) is 49.7 Å². The minimum Gasteiger partial charge on any atom is -0.282 e. The molecule has 0 aromatic heterocycles. The van der Waals surface area contributed by atoms with Gasteiger partial charge in [0.25, 0.3) is 0 Å². The molecule has 0 aliphatic carbocycles. The molecule has 0 aliphatic heterocycles. The smallest absolute Gasteiger partial charge is 0.219 e. The Hall–Kier alpha value is -3.41. The van der Waals surface area contributed by atoms with Crippen molar-refractivity contribution in [2.75, 3.05) is 0 Å². The molecular formula is C30H23FO2S2. The molecule has 174 valence electrons. The Morgan fingerprint density at radius 3 is 1.63 bits per heavy atom. The summed E-state index contributed by atoms with van der Waals surface area (Å²) in [7, 11) is 0. The number of fused-ring (bicyclic) bond motifs is 1. The molecule has 0 bridgehead atoms. The maximum absolute atomic E-state index is 14.6. The van der Waals surface area contributed by atoms with Crippen LogP contribution < -0.4 is 0 Å². The highest BCUT2D eigenvalue weighted by atomic mass is 32.2. The molecule has 0 spiro atoms. The van der Waals surface area contributed by atoms with Crippen molar-refractivity contribution < 1.29 is 14.0 Å². The van der Waals surface area contributed by atoms with Crippen LogP contribution in [0.2, 0.25) is 0 Å². The SMILES string of the molecule is C=C(C)C(=O)Sc1ccc(-c2ccc3cc(-c4ccc(SC(=O)C(=C)C)c(F)c4)ccc3c2)cc1. The Kier molecular flexibility index (Phi) is 7.39. The summed E-state index contributed by atoms with van der Waals surface area (Å²) in [6, 6.07) is 25.0. The van der Waals surface area contributed by atoms with Crippen LogP contribution in [-0.4, -0.2) is 10.2 Å². The maximum atomic E-state index is 14.6. The van der Waals surface area contributed by atoms with E-state index in [0.29, 0.717) is 16.0 Å². The number of hydrogen-bond acceptors (Lipinski definition) is 4. The van der Waals surface area contributed by atoms with E-state index < -0.39 is 5.82 Å². The third kappa shape index (κ3) is 5.81. The largest absolute Gasteiger partial charge is 0.282 e. The Labute approximate surface area is 213 Å². The minimum absolute atomic E-state index is 0.0344. The molecule has 4 aromatic carbocycles. The van der Waals surface area contributed by atoms with Gasteiger partial charge in [-0.15, -0.1) is 0 Å². The van der Waals surface area contributed by atoms with Gasteiger partial charge in [0.05, 0.1) is 4.90 Å². The predicted octanol–water partition coefficient (Wildman–Crippen LogP) is 8.70. The quantitative estimate of drug-likeness (QED) is 0.197. The summed E-state index contributed by atoms with van der Waals surface area (Å²) >= 11 is 2.03. The summed E-state index contributed by atoms with van der Waals surface area (Å²) in [5, 5.41) is 1.84. The van der Waals surface area contributed by atoms with Crippen LogP contribution in [0.1, 0.15) is 13.8 Å². The van der Waals surface area contributed by atoms with Crippen molar-refractivity contribution in [2.45, 2.75) is 23.6 Å². The molecule has 0 atom stereocenters. The van der Waals surface area contributed by atoms with Crippen LogP contribution >= 0.6 is 23.5 Å². The fraction of sp³-hybridized carbons (Fsp3) is 0.0667. The molecule has 0 saturated carbocycles. The van der Waals surface area contributed by atoms with Gasteiger partial charge in [0.15, 0.2) is 0 Å². The summed E-state index contributed by atoms with van der Waals surface area (Å²) in [6.45, 7) is 10.6. The van der Waals surface area contributed by atoms with Crippen LogP contribution in [0.5, 0.6) is 0 Å². The highest BCUT2D eigenvalue weighted by Crippen LogP contribution is 2.32. The summed E-state index contributed by atoms with van der Waals surface area (Å²) < 4.78 is 14.6. The first-order valence-electron chi connectivity index (χ1n) is 10.9. The Bertz CT molecular complexity index is 1490. The third-order valence-corrected chi connectivity index (χ3v) is 7.53. The monoisotopic (exact) mass is 498 g/mol. The van der Waals surface area contributed by atoms with E-state index in [-0.39, 0.29) is 10.2 Å². The summed E-state index contributed by atoms with van der Waals surface area (Å²) in [6.07, 6.45) is 0. The van der Waals surface area contributed by atoms with E-state index in [4.69, 9.17) is 0 Å². The van der Waals surface area contributed by atoms with E-state index in [1.165, 1.54) is 17.8 Å². The van der Waals surface area contributed by atoms with Gasteiger partial charge in [-0.1, -0.05) is 55.6 Å². The first-order chi connectivity index (χ1) is 16.7. The number of hydrogen-bond donors (Lipinski definition) is 0. The molecular weight excluding hydrogens is 475 g/mol. The van der Waals surface area contributed by atoms with E-state index in [1.54, 1.807) is 19.9 Å². The van der Waals surface area contributed by atoms with Crippen LogP contribution in [0, 0.1) is 5.82 Å². The number of carbonyl (C=O) groups is 2. The van der Waals surface area contributed by atoms with Gasteiger partial charge in [-0.2, -0.15) is 0 Å². The summed E-state index contributed by atoms with van der Waals surface area (Å²) in [5.74, 6) is -0.427. The molecule has 0 radical (unpaired) electrons. The van der Waals surface area contributed by atoms with E-state index in [1.807, 2.05) is 54.6 Å². The number of thioether (sulfide) groups is 2. The second-order valence-electron chi connectivity index (χ2n) is 8.29. The summed E-state index contributed by atoms with van der Waals surface area (Å²) in [5.41, 5.74) is 4.70. The number of rotatable bonds is 6. The number of halogens is 1. The Morgan fingerprint density at radius 1 is 0.629 bits per heavy atom. The van der Waals surface area contributed by atoms with Crippen molar-refractivity contribution in [1.29, 1.82) is 0 Å². The molecule has 0 unspecified atom stereocenters. The minimum atomic E-state index is -0.427. The fourth-order valence-electron chi connectivity index (χ4n) is 3.46. The lowest BCUT2D eigenvalue weighted by Crippen LogP contribution is -1.93. The number of benzene rings is 4. The Balaban J connectivity index is 1.56. The van der Waals surface area contributed by atoms with Crippen molar-refractivity contribution in [3.05, 3.63) is 109 Å². The molecule has 4 rings (SSSR count). The van der Waals surface area contributed by atoms with E-state index >= 15 is 0 Å². The van der Waals surface area contributed by atoms with Crippen molar-refractivity contribution in [3.63, 3.8) is 0 Å². The molecule has 0 fully saturated rings. The Morgan fingerprint density at radius 2 is 1.09 bits per heavy atom. The van der Waals surface area contributed by atoms with Gasteiger partial charge in [-0.25, -0.2) is 4.39 Å². The number of carbonyl (C=O) groups excluding carboxylic acids is 2. The predicted molar refractivity (Wildman–Crippen MR) is 146 cm³/mol. The lowest BCUT2D eigenvalue weighted by atomic mass is 9.98. The van der Waals surface area contributed by atoms with Crippen molar-refractivity contribution in [2.24, 2.45) is 0 Å². The average molecular weight is 499 g/mol. The second-order valence-corrected chi connectivity index (χ2v) is 10.3. The van der Waals surface area contributed by atoms with Gasteiger partial charge in [-0.05, 0) is 118 Å². The van der Waals surface area contributed by atoms with E-state index in [9.17, 15) is 14.0 Å².